The molecule has 8 heteroatoms. The average molecular weight is 442 g/mol. The monoisotopic (exact) mass is 441 g/mol. The van der Waals surface area contributed by atoms with E-state index in [1.54, 1.807) is 38.3 Å². The number of hydrogen-bond acceptors (Lipinski definition) is 4. The van der Waals surface area contributed by atoms with Gasteiger partial charge < -0.3 is 14.6 Å². The fourth-order valence-corrected chi connectivity index (χ4v) is 4.81. The molecule has 3 aromatic rings. The van der Waals surface area contributed by atoms with Gasteiger partial charge >= 0.3 is 0 Å². The van der Waals surface area contributed by atoms with Gasteiger partial charge in [-0.3, -0.25) is 9.52 Å². The summed E-state index contributed by atoms with van der Waals surface area (Å²) in [6, 6.07) is 12.8. The number of ether oxygens (including phenoxy) is 1. The second-order valence-corrected chi connectivity index (χ2v) is 9.78. The SMILES string of the molecule is CCS(=O)(=O)Nc1ccccc1C(=O)N1CCC(c2c[nH]c3ccc(OC)cc23)CC1. The van der Waals surface area contributed by atoms with Gasteiger partial charge in [0.1, 0.15) is 5.75 Å². The molecule has 1 amide bonds. The maximum atomic E-state index is 13.2. The van der Waals surface area contributed by atoms with Crippen LogP contribution < -0.4 is 9.46 Å². The minimum atomic E-state index is -3.46. The molecule has 7 nitrogen and oxygen atoms in total. The van der Waals surface area contributed by atoms with Crippen molar-refractivity contribution in [3.05, 3.63) is 59.8 Å². The van der Waals surface area contributed by atoms with Crippen LogP contribution in [-0.2, 0) is 10.0 Å². The Kier molecular flexibility index (Phi) is 5.91. The molecule has 2 N–H and O–H groups in total. The Bertz CT molecular complexity index is 1190. The minimum absolute atomic E-state index is 0.0453. The Hall–Kier alpha value is -3.00. The summed E-state index contributed by atoms with van der Waals surface area (Å²) in [5.41, 5.74) is 3.04. The number of anilines is 1. The number of nitrogens with one attached hydrogen (secondary N) is 2. The van der Waals surface area contributed by atoms with E-state index in [0.29, 0.717) is 30.3 Å². The lowest BCUT2D eigenvalue weighted by molar-refractivity contribution is 0.0714. The number of piperidine rings is 1. The van der Waals surface area contributed by atoms with Gasteiger partial charge in [-0.15, -0.1) is 0 Å². The van der Waals surface area contributed by atoms with Gasteiger partial charge in [0.2, 0.25) is 10.0 Å². The molecular formula is C23H27N3O4S. The van der Waals surface area contributed by atoms with Gasteiger partial charge in [0.25, 0.3) is 5.91 Å². The predicted octanol–water partition coefficient (Wildman–Crippen LogP) is 3.96. The van der Waals surface area contributed by atoms with Crippen LogP contribution in [0.2, 0.25) is 0 Å². The molecule has 0 bridgehead atoms. The number of carbonyl (C=O) groups is 1. The van der Waals surface area contributed by atoms with E-state index >= 15 is 0 Å². The van der Waals surface area contributed by atoms with Gasteiger partial charge in [-0.2, -0.15) is 0 Å². The summed E-state index contributed by atoms with van der Waals surface area (Å²) in [7, 11) is -1.80. The molecule has 0 saturated carbocycles. The Morgan fingerprint density at radius 1 is 1.19 bits per heavy atom. The lowest BCUT2D eigenvalue weighted by atomic mass is 9.89. The molecule has 2 aromatic carbocycles. The molecule has 4 rings (SSSR count). The number of nitrogens with zero attached hydrogens (tertiary/aromatic N) is 1. The van der Waals surface area contributed by atoms with Crippen molar-refractivity contribution in [2.24, 2.45) is 0 Å². The summed E-state index contributed by atoms with van der Waals surface area (Å²) in [6.45, 7) is 2.81. The number of aromatic amines is 1. The molecule has 0 spiro atoms. The van der Waals surface area contributed by atoms with E-state index in [0.717, 1.165) is 29.5 Å². The van der Waals surface area contributed by atoms with Gasteiger partial charge in [0.15, 0.2) is 0 Å². The van der Waals surface area contributed by atoms with Crippen LogP contribution in [0.4, 0.5) is 5.69 Å². The van der Waals surface area contributed by atoms with Crippen molar-refractivity contribution in [1.82, 2.24) is 9.88 Å². The molecule has 1 saturated heterocycles. The van der Waals surface area contributed by atoms with Crippen molar-refractivity contribution >= 4 is 32.5 Å². The number of methoxy groups -OCH3 is 1. The zero-order chi connectivity index (χ0) is 22.0. The summed E-state index contributed by atoms with van der Waals surface area (Å²) in [5, 5.41) is 1.16. The molecule has 2 heterocycles. The molecule has 0 unspecified atom stereocenters. The van der Waals surface area contributed by atoms with Gasteiger partial charge in [-0.25, -0.2) is 8.42 Å². The number of sulfonamides is 1. The number of rotatable bonds is 6. The van der Waals surface area contributed by atoms with Crippen LogP contribution in [0.15, 0.2) is 48.7 Å². The first-order valence-electron chi connectivity index (χ1n) is 10.5. The third-order valence-electron chi connectivity index (χ3n) is 5.95. The number of aromatic nitrogens is 1. The zero-order valence-electron chi connectivity index (χ0n) is 17.7. The lowest BCUT2D eigenvalue weighted by Crippen LogP contribution is -2.38. The number of para-hydroxylation sites is 1. The Labute approximate surface area is 182 Å². The molecular weight excluding hydrogens is 414 g/mol. The van der Waals surface area contributed by atoms with Crippen LogP contribution in [0, 0.1) is 0 Å². The van der Waals surface area contributed by atoms with Crippen molar-refractivity contribution in [2.45, 2.75) is 25.7 Å². The number of amides is 1. The fraction of sp³-hybridized carbons (Fsp3) is 0.348. The first kappa shape index (κ1) is 21.2. The molecule has 0 atom stereocenters. The normalized spacial score (nSPS) is 15.2. The summed E-state index contributed by atoms with van der Waals surface area (Å²) in [6.07, 6.45) is 3.75. The second kappa shape index (κ2) is 8.63. The van der Waals surface area contributed by atoms with Crippen molar-refractivity contribution < 1.29 is 17.9 Å². The Balaban J connectivity index is 1.49. The quantitative estimate of drug-likeness (QED) is 0.606. The largest absolute Gasteiger partial charge is 0.497 e. The summed E-state index contributed by atoms with van der Waals surface area (Å²) in [4.78, 5) is 18.3. The highest BCUT2D eigenvalue weighted by atomic mass is 32.2. The molecule has 164 valence electrons. The van der Waals surface area contributed by atoms with Gasteiger partial charge in [-0.1, -0.05) is 12.1 Å². The lowest BCUT2D eigenvalue weighted by Gasteiger charge is -2.32. The highest BCUT2D eigenvalue weighted by molar-refractivity contribution is 7.92. The number of fused-ring (bicyclic) bond motifs is 1. The van der Waals surface area contributed by atoms with Crippen molar-refractivity contribution in [3.63, 3.8) is 0 Å². The van der Waals surface area contributed by atoms with E-state index in [-0.39, 0.29) is 11.7 Å². The molecule has 1 fully saturated rings. The van der Waals surface area contributed by atoms with Crippen LogP contribution in [0.1, 0.15) is 41.6 Å². The maximum Gasteiger partial charge on any atom is 0.255 e. The van der Waals surface area contributed by atoms with Gasteiger partial charge in [-0.05, 0) is 61.6 Å². The number of carbonyl (C=O) groups excluding carboxylic acids is 1. The van der Waals surface area contributed by atoms with Crippen LogP contribution in [0.25, 0.3) is 10.9 Å². The van der Waals surface area contributed by atoms with Gasteiger partial charge in [0.05, 0.1) is 24.1 Å². The van der Waals surface area contributed by atoms with Crippen LogP contribution in [0.3, 0.4) is 0 Å². The van der Waals surface area contributed by atoms with E-state index in [2.05, 4.69) is 22.0 Å². The smallest absolute Gasteiger partial charge is 0.255 e. The highest BCUT2D eigenvalue weighted by Crippen LogP contribution is 2.35. The predicted molar refractivity (Wildman–Crippen MR) is 122 cm³/mol. The topological polar surface area (TPSA) is 91.5 Å². The average Bonchev–Trinajstić information content (AvgIpc) is 3.22. The van der Waals surface area contributed by atoms with E-state index in [9.17, 15) is 13.2 Å². The van der Waals surface area contributed by atoms with E-state index in [1.807, 2.05) is 17.0 Å². The fourth-order valence-electron chi connectivity index (χ4n) is 4.15. The van der Waals surface area contributed by atoms with Crippen molar-refractivity contribution in [1.29, 1.82) is 0 Å². The van der Waals surface area contributed by atoms with Crippen LogP contribution >= 0.6 is 0 Å². The van der Waals surface area contributed by atoms with Gasteiger partial charge in [0, 0.05) is 30.2 Å². The Morgan fingerprint density at radius 3 is 2.65 bits per heavy atom. The molecule has 0 aliphatic carbocycles. The van der Waals surface area contributed by atoms with Crippen LogP contribution in [-0.4, -0.2) is 50.2 Å². The third-order valence-corrected chi connectivity index (χ3v) is 7.24. The first-order chi connectivity index (χ1) is 14.9. The standard InChI is InChI=1S/C23H27N3O4S/c1-3-31(28,29)25-22-7-5-4-6-18(22)23(27)26-12-10-16(11-13-26)20-15-24-21-9-8-17(30-2)14-19(20)21/h4-9,14-16,24-25H,3,10-13H2,1-2H3. The van der Waals surface area contributed by atoms with E-state index in [1.165, 1.54) is 5.56 Å². The number of hydrogen-bond donors (Lipinski definition) is 2. The summed E-state index contributed by atoms with van der Waals surface area (Å²) in [5.74, 6) is 0.982. The first-order valence-corrected chi connectivity index (χ1v) is 12.1. The number of benzene rings is 2. The second-order valence-electron chi connectivity index (χ2n) is 7.77. The number of H-pyrrole nitrogens is 1. The van der Waals surface area contributed by atoms with Crippen molar-refractivity contribution in [2.75, 3.05) is 30.7 Å². The van der Waals surface area contributed by atoms with Crippen molar-refractivity contribution in [3.8, 4) is 5.75 Å². The molecule has 31 heavy (non-hydrogen) atoms. The number of likely N-dealkylation sites (tertiary alicyclic amines) is 1. The zero-order valence-corrected chi connectivity index (χ0v) is 18.5. The summed E-state index contributed by atoms with van der Waals surface area (Å²) < 4.78 is 31.9. The minimum Gasteiger partial charge on any atom is -0.497 e. The summed E-state index contributed by atoms with van der Waals surface area (Å²) >= 11 is 0. The Morgan fingerprint density at radius 2 is 1.94 bits per heavy atom. The third kappa shape index (κ3) is 4.39. The van der Waals surface area contributed by atoms with Crippen LogP contribution in [0.5, 0.6) is 5.75 Å². The van der Waals surface area contributed by atoms with E-state index < -0.39 is 10.0 Å². The molecule has 0 radical (unpaired) electrons. The molecule has 1 aromatic heterocycles. The highest BCUT2D eigenvalue weighted by Gasteiger charge is 2.27. The maximum absolute atomic E-state index is 13.2. The van der Waals surface area contributed by atoms with E-state index in [4.69, 9.17) is 4.74 Å². The molecule has 1 aliphatic rings. The molecule has 1 aliphatic heterocycles.